The van der Waals surface area contributed by atoms with E-state index in [0.29, 0.717) is 16.1 Å². The Morgan fingerprint density at radius 3 is 2.45 bits per heavy atom. The maximum absolute atomic E-state index is 12.5. The van der Waals surface area contributed by atoms with Crippen molar-refractivity contribution < 1.29 is 8.42 Å². The number of halogens is 1. The van der Waals surface area contributed by atoms with Crippen LogP contribution in [0.4, 0.5) is 5.69 Å². The van der Waals surface area contributed by atoms with E-state index in [2.05, 4.69) is 15.9 Å². The largest absolute Gasteiger partial charge is 0.398 e. The van der Waals surface area contributed by atoms with Gasteiger partial charge in [0.2, 0.25) is 0 Å². The molecule has 0 bridgehead atoms. The minimum absolute atomic E-state index is 0.0469. The van der Waals surface area contributed by atoms with Gasteiger partial charge in [0.15, 0.2) is 9.84 Å². The van der Waals surface area contributed by atoms with Gasteiger partial charge in [-0.2, -0.15) is 0 Å². The lowest BCUT2D eigenvalue weighted by atomic mass is 10.2. The molecule has 0 saturated heterocycles. The van der Waals surface area contributed by atoms with E-state index >= 15 is 0 Å². The fraction of sp³-hybridized carbons (Fsp3) is 0.200. The van der Waals surface area contributed by atoms with Crippen LogP contribution in [0, 0.1) is 13.8 Å². The Morgan fingerprint density at radius 1 is 1.10 bits per heavy atom. The van der Waals surface area contributed by atoms with E-state index in [4.69, 9.17) is 5.73 Å². The topological polar surface area (TPSA) is 60.2 Å². The summed E-state index contributed by atoms with van der Waals surface area (Å²) in [5.41, 5.74) is 8.72. The van der Waals surface area contributed by atoms with Gasteiger partial charge in [-0.1, -0.05) is 18.2 Å². The number of hydrogen-bond acceptors (Lipinski definition) is 3. The van der Waals surface area contributed by atoms with E-state index in [9.17, 15) is 8.42 Å². The molecule has 0 aliphatic carbocycles. The first kappa shape index (κ1) is 15.1. The summed E-state index contributed by atoms with van der Waals surface area (Å²) < 4.78 is 25.8. The third-order valence-electron chi connectivity index (χ3n) is 3.10. The first-order chi connectivity index (χ1) is 9.29. The molecule has 0 heterocycles. The Bertz CT molecular complexity index is 754. The summed E-state index contributed by atoms with van der Waals surface area (Å²) in [5.74, 6) is -0.0469. The van der Waals surface area contributed by atoms with E-state index in [0.717, 1.165) is 15.6 Å². The number of benzene rings is 2. The highest BCUT2D eigenvalue weighted by Gasteiger charge is 2.18. The molecule has 0 radical (unpaired) electrons. The fourth-order valence-electron chi connectivity index (χ4n) is 2.02. The van der Waals surface area contributed by atoms with Gasteiger partial charge in [0.25, 0.3) is 0 Å². The lowest BCUT2D eigenvalue weighted by Gasteiger charge is -2.10. The van der Waals surface area contributed by atoms with Crippen molar-refractivity contribution >= 4 is 31.5 Å². The van der Waals surface area contributed by atoms with Gasteiger partial charge in [0, 0.05) is 10.2 Å². The van der Waals surface area contributed by atoms with Crippen LogP contribution in [0.2, 0.25) is 0 Å². The van der Waals surface area contributed by atoms with Crippen molar-refractivity contribution in [1.29, 1.82) is 0 Å². The van der Waals surface area contributed by atoms with Crippen molar-refractivity contribution in [3.63, 3.8) is 0 Å². The molecular weight excluding hydrogens is 338 g/mol. The van der Waals surface area contributed by atoms with Crippen LogP contribution in [0.1, 0.15) is 16.7 Å². The zero-order chi connectivity index (χ0) is 14.9. The number of aryl methyl sites for hydroxylation is 2. The second kappa shape index (κ2) is 5.58. The SMILES string of the molecule is Cc1ccc(C)c(S(=O)(=O)Cc2ccc(Br)c(N)c2)c1. The predicted octanol–water partition coefficient (Wildman–Crippen LogP) is 3.62. The average Bonchev–Trinajstić information content (AvgIpc) is 2.36. The monoisotopic (exact) mass is 353 g/mol. The Kier molecular flexibility index (Phi) is 4.20. The van der Waals surface area contributed by atoms with Gasteiger partial charge >= 0.3 is 0 Å². The molecule has 20 heavy (non-hydrogen) atoms. The van der Waals surface area contributed by atoms with Crippen LogP contribution >= 0.6 is 15.9 Å². The number of sulfone groups is 1. The predicted molar refractivity (Wildman–Crippen MR) is 85.4 cm³/mol. The summed E-state index contributed by atoms with van der Waals surface area (Å²) in [6.45, 7) is 3.69. The van der Waals surface area contributed by atoms with Crippen molar-refractivity contribution in [3.8, 4) is 0 Å². The summed E-state index contributed by atoms with van der Waals surface area (Å²) >= 11 is 3.30. The second-order valence-electron chi connectivity index (χ2n) is 4.88. The first-order valence-corrected chi connectivity index (χ1v) is 8.58. The smallest absolute Gasteiger partial charge is 0.182 e. The average molecular weight is 354 g/mol. The maximum atomic E-state index is 12.5. The van der Waals surface area contributed by atoms with Crippen molar-refractivity contribution in [3.05, 3.63) is 57.6 Å². The van der Waals surface area contributed by atoms with E-state index in [-0.39, 0.29) is 5.75 Å². The minimum atomic E-state index is -3.37. The molecule has 2 aromatic carbocycles. The quantitative estimate of drug-likeness (QED) is 0.857. The van der Waals surface area contributed by atoms with Gasteiger partial charge in [-0.05, 0) is 64.7 Å². The number of rotatable bonds is 3. The molecule has 5 heteroatoms. The zero-order valence-corrected chi connectivity index (χ0v) is 13.8. The molecule has 3 nitrogen and oxygen atoms in total. The van der Waals surface area contributed by atoms with Gasteiger partial charge in [0.1, 0.15) is 0 Å². The molecule has 0 aliphatic rings. The van der Waals surface area contributed by atoms with Crippen molar-refractivity contribution in [2.75, 3.05) is 5.73 Å². The molecular formula is C15H16BrNO2S. The van der Waals surface area contributed by atoms with Crippen LogP contribution < -0.4 is 5.73 Å². The Labute approximate surface area is 127 Å². The molecule has 0 aromatic heterocycles. The van der Waals surface area contributed by atoms with Crippen molar-refractivity contribution in [2.45, 2.75) is 24.5 Å². The molecule has 0 saturated carbocycles. The number of anilines is 1. The summed E-state index contributed by atoms with van der Waals surface area (Å²) in [4.78, 5) is 0.388. The summed E-state index contributed by atoms with van der Waals surface area (Å²) in [6.07, 6.45) is 0. The van der Waals surface area contributed by atoms with E-state index in [1.165, 1.54) is 0 Å². The highest BCUT2D eigenvalue weighted by Crippen LogP contribution is 2.25. The lowest BCUT2D eigenvalue weighted by molar-refractivity contribution is 0.594. The Hall–Kier alpha value is -1.33. The molecule has 2 N–H and O–H groups in total. The molecule has 0 unspecified atom stereocenters. The molecule has 0 atom stereocenters. The van der Waals surface area contributed by atoms with E-state index in [1.54, 1.807) is 24.3 Å². The first-order valence-electron chi connectivity index (χ1n) is 6.13. The molecule has 0 aliphatic heterocycles. The minimum Gasteiger partial charge on any atom is -0.398 e. The summed E-state index contributed by atoms with van der Waals surface area (Å²) in [6, 6.07) is 10.7. The summed E-state index contributed by atoms with van der Waals surface area (Å²) in [5, 5.41) is 0. The maximum Gasteiger partial charge on any atom is 0.182 e. The van der Waals surface area contributed by atoms with E-state index in [1.807, 2.05) is 26.0 Å². The van der Waals surface area contributed by atoms with Crippen molar-refractivity contribution in [2.24, 2.45) is 0 Å². The van der Waals surface area contributed by atoms with Crippen LogP contribution in [0.15, 0.2) is 45.8 Å². The normalized spacial score (nSPS) is 11.6. The highest BCUT2D eigenvalue weighted by atomic mass is 79.9. The van der Waals surface area contributed by atoms with Crippen molar-refractivity contribution in [1.82, 2.24) is 0 Å². The number of nitrogen functional groups attached to an aromatic ring is 1. The molecule has 0 amide bonds. The zero-order valence-electron chi connectivity index (χ0n) is 11.4. The number of hydrogen-bond donors (Lipinski definition) is 1. The Morgan fingerprint density at radius 2 is 1.80 bits per heavy atom. The molecule has 0 spiro atoms. The third kappa shape index (κ3) is 3.22. The molecule has 2 aromatic rings. The Balaban J connectivity index is 2.40. The van der Waals surface area contributed by atoms with Gasteiger partial charge in [-0.15, -0.1) is 0 Å². The second-order valence-corrected chi connectivity index (χ2v) is 7.70. The van der Waals surface area contributed by atoms with Crippen LogP contribution in [-0.4, -0.2) is 8.42 Å². The number of nitrogens with two attached hydrogens (primary N) is 1. The summed E-state index contributed by atoms with van der Waals surface area (Å²) in [7, 11) is -3.37. The molecule has 106 valence electrons. The fourth-order valence-corrected chi connectivity index (χ4v) is 3.97. The van der Waals surface area contributed by atoms with Gasteiger partial charge in [0.05, 0.1) is 10.6 Å². The third-order valence-corrected chi connectivity index (χ3v) is 5.64. The highest BCUT2D eigenvalue weighted by molar-refractivity contribution is 9.10. The standard InChI is InChI=1S/C15H16BrNO2S/c1-10-3-4-11(2)15(7-10)20(18,19)9-12-5-6-13(16)14(17)8-12/h3-8H,9,17H2,1-2H3. The van der Waals surface area contributed by atoms with Crippen LogP contribution in [0.5, 0.6) is 0 Å². The lowest BCUT2D eigenvalue weighted by Crippen LogP contribution is -2.07. The molecule has 2 rings (SSSR count). The van der Waals surface area contributed by atoms with Crippen LogP contribution in [-0.2, 0) is 15.6 Å². The molecule has 0 fully saturated rings. The van der Waals surface area contributed by atoms with Gasteiger partial charge in [-0.25, -0.2) is 8.42 Å². The van der Waals surface area contributed by atoms with E-state index < -0.39 is 9.84 Å². The van der Waals surface area contributed by atoms with Gasteiger partial charge < -0.3 is 5.73 Å². The van der Waals surface area contributed by atoms with Crippen LogP contribution in [0.25, 0.3) is 0 Å². The van der Waals surface area contributed by atoms with Crippen LogP contribution in [0.3, 0.4) is 0 Å². The van der Waals surface area contributed by atoms with Gasteiger partial charge in [-0.3, -0.25) is 0 Å².